The topological polar surface area (TPSA) is 69.8 Å². The Morgan fingerprint density at radius 2 is 2.27 bits per heavy atom. The van der Waals surface area contributed by atoms with E-state index in [0.29, 0.717) is 0 Å². The average molecular weight is 297 g/mol. The zero-order chi connectivity index (χ0) is 14.9. The second-order valence-electron chi connectivity index (χ2n) is 5.83. The highest BCUT2D eigenvalue weighted by Crippen LogP contribution is 2.30. The summed E-state index contributed by atoms with van der Waals surface area (Å²) in [5.74, 6) is 0.272. The predicted molar refractivity (Wildman–Crippen MR) is 83.5 cm³/mol. The first-order valence-electron chi connectivity index (χ1n) is 7.51. The number of hydrogen-bond acceptors (Lipinski definition) is 4. The Bertz CT molecular complexity index is 751. The Balaban J connectivity index is 1.56. The van der Waals surface area contributed by atoms with Gasteiger partial charge in [-0.15, -0.1) is 0 Å². The highest BCUT2D eigenvalue weighted by atomic mass is 16.5. The molecule has 6 nitrogen and oxygen atoms in total. The Hall–Kier alpha value is -2.18. The number of hydrogen-bond donors (Lipinski definition) is 2. The minimum Gasteiger partial charge on any atom is -0.379 e. The van der Waals surface area contributed by atoms with Crippen molar-refractivity contribution in [3.8, 4) is 0 Å². The normalized spacial score (nSPS) is 22.6. The molecule has 0 radical (unpaired) electrons. The summed E-state index contributed by atoms with van der Waals surface area (Å²) in [6.07, 6.45) is 3.96. The molecule has 1 aromatic carbocycles. The molecule has 4 rings (SSSR count). The lowest BCUT2D eigenvalue weighted by molar-refractivity contribution is 0.0958. The third-order valence-electron chi connectivity index (χ3n) is 4.54. The third-order valence-corrected chi connectivity index (χ3v) is 4.54. The monoisotopic (exact) mass is 297 g/mol. The van der Waals surface area contributed by atoms with E-state index in [2.05, 4.69) is 49.6 Å². The first kappa shape index (κ1) is 13.5. The highest BCUT2D eigenvalue weighted by Gasteiger charge is 2.35. The van der Waals surface area contributed by atoms with Crippen LogP contribution in [-0.4, -0.2) is 51.6 Å². The van der Waals surface area contributed by atoms with Gasteiger partial charge in [-0.25, -0.2) is 0 Å². The molecule has 0 amide bonds. The molecule has 6 heteroatoms. The summed E-state index contributed by atoms with van der Waals surface area (Å²) in [6, 6.07) is 8.55. The maximum atomic E-state index is 5.66. The Morgan fingerprint density at radius 1 is 1.32 bits per heavy atom. The van der Waals surface area contributed by atoms with E-state index >= 15 is 0 Å². The van der Waals surface area contributed by atoms with Crippen LogP contribution in [0.1, 0.15) is 17.2 Å². The number of rotatable bonds is 4. The molecule has 1 aliphatic heterocycles. The van der Waals surface area contributed by atoms with E-state index < -0.39 is 0 Å². The number of aromatic nitrogens is 4. The van der Waals surface area contributed by atoms with Gasteiger partial charge in [0.15, 0.2) is 0 Å². The van der Waals surface area contributed by atoms with E-state index in [1.54, 1.807) is 13.3 Å². The molecular formula is C16H19N5O. The van der Waals surface area contributed by atoms with E-state index in [1.165, 1.54) is 16.5 Å². The van der Waals surface area contributed by atoms with Crippen LogP contribution >= 0.6 is 0 Å². The van der Waals surface area contributed by atoms with Crippen molar-refractivity contribution in [3.05, 3.63) is 47.9 Å². The molecule has 3 aromatic rings. The fraction of sp³-hybridized carbons (Fsp3) is 0.375. The summed E-state index contributed by atoms with van der Waals surface area (Å²) in [4.78, 5) is 5.70. The number of nitrogens with zero attached hydrogens (tertiary/aromatic N) is 3. The van der Waals surface area contributed by atoms with Gasteiger partial charge in [0.1, 0.15) is 0 Å². The number of benzene rings is 1. The summed E-state index contributed by atoms with van der Waals surface area (Å²) >= 11 is 0. The lowest BCUT2D eigenvalue weighted by Crippen LogP contribution is -2.22. The van der Waals surface area contributed by atoms with Gasteiger partial charge in [0.25, 0.3) is 0 Å². The molecule has 0 bridgehead atoms. The molecule has 1 saturated heterocycles. The molecular weight excluding hydrogens is 278 g/mol. The summed E-state index contributed by atoms with van der Waals surface area (Å²) in [7, 11) is 1.77. The van der Waals surface area contributed by atoms with Crippen LogP contribution in [0.4, 0.5) is 0 Å². The second-order valence-corrected chi connectivity index (χ2v) is 5.83. The summed E-state index contributed by atoms with van der Waals surface area (Å²) < 4.78 is 5.66. The maximum Gasteiger partial charge on any atom is 0.0894 e. The van der Waals surface area contributed by atoms with E-state index in [-0.39, 0.29) is 12.0 Å². The third kappa shape index (κ3) is 2.30. The summed E-state index contributed by atoms with van der Waals surface area (Å²) in [6.45, 7) is 2.77. The first-order valence-corrected chi connectivity index (χ1v) is 7.51. The van der Waals surface area contributed by atoms with Crippen molar-refractivity contribution in [1.82, 2.24) is 25.3 Å². The van der Waals surface area contributed by atoms with E-state index in [1.807, 2.05) is 6.20 Å². The predicted octanol–water partition coefficient (Wildman–Crippen LogP) is 1.90. The fourth-order valence-electron chi connectivity index (χ4n) is 3.42. The van der Waals surface area contributed by atoms with Crippen LogP contribution in [0.5, 0.6) is 0 Å². The summed E-state index contributed by atoms with van der Waals surface area (Å²) in [5.41, 5.74) is 3.51. The standard InChI is InChI=1S/C16H19N5O/c1-22-16-10-21(9-13(16)15-7-18-20-19-15)8-11-3-2-4-14-12(11)5-6-17-14/h2-7,13,16-17H,8-10H2,1H3,(H,18,19,20)/t13-,16+/m0/s1. The minimum absolute atomic E-state index is 0.163. The molecule has 2 aromatic heterocycles. The molecule has 2 N–H and O–H groups in total. The van der Waals surface area contributed by atoms with Crippen molar-refractivity contribution in [1.29, 1.82) is 0 Å². The number of ether oxygens (including phenoxy) is 1. The largest absolute Gasteiger partial charge is 0.379 e. The molecule has 0 spiro atoms. The van der Waals surface area contributed by atoms with E-state index in [4.69, 9.17) is 4.74 Å². The molecule has 1 fully saturated rings. The quantitative estimate of drug-likeness (QED) is 0.771. The van der Waals surface area contributed by atoms with Gasteiger partial charge in [-0.2, -0.15) is 15.4 Å². The van der Waals surface area contributed by atoms with E-state index in [0.717, 1.165) is 25.3 Å². The average Bonchev–Trinajstić information content (AvgIpc) is 3.27. The van der Waals surface area contributed by atoms with Crippen LogP contribution in [0, 0.1) is 0 Å². The molecule has 1 aliphatic rings. The zero-order valence-corrected chi connectivity index (χ0v) is 12.5. The van der Waals surface area contributed by atoms with Gasteiger partial charge in [-0.3, -0.25) is 4.90 Å². The Morgan fingerprint density at radius 3 is 3.09 bits per heavy atom. The Labute approximate surface area is 128 Å². The smallest absolute Gasteiger partial charge is 0.0894 e. The van der Waals surface area contributed by atoms with Gasteiger partial charge >= 0.3 is 0 Å². The van der Waals surface area contributed by atoms with Crippen molar-refractivity contribution < 1.29 is 4.74 Å². The van der Waals surface area contributed by atoms with Crippen molar-refractivity contribution in [2.75, 3.05) is 20.2 Å². The zero-order valence-electron chi connectivity index (χ0n) is 12.5. The number of methoxy groups -OCH3 is 1. The van der Waals surface area contributed by atoms with Crippen LogP contribution in [0.2, 0.25) is 0 Å². The van der Waals surface area contributed by atoms with Gasteiger partial charge in [0.05, 0.1) is 18.0 Å². The molecule has 0 saturated carbocycles. The molecule has 0 aliphatic carbocycles. The number of aromatic amines is 2. The van der Waals surface area contributed by atoms with Gasteiger partial charge in [0.2, 0.25) is 0 Å². The molecule has 0 unspecified atom stereocenters. The molecule has 2 atom stereocenters. The van der Waals surface area contributed by atoms with Crippen LogP contribution in [0.25, 0.3) is 10.9 Å². The Kier molecular flexibility index (Phi) is 3.40. The minimum atomic E-state index is 0.163. The fourth-order valence-corrected chi connectivity index (χ4v) is 3.42. The highest BCUT2D eigenvalue weighted by molar-refractivity contribution is 5.82. The van der Waals surface area contributed by atoms with Crippen molar-refractivity contribution >= 4 is 10.9 Å². The van der Waals surface area contributed by atoms with Crippen LogP contribution in [0.3, 0.4) is 0 Å². The van der Waals surface area contributed by atoms with Gasteiger partial charge < -0.3 is 9.72 Å². The lowest BCUT2D eigenvalue weighted by Gasteiger charge is -2.16. The number of H-pyrrole nitrogens is 2. The number of nitrogens with one attached hydrogen (secondary N) is 2. The maximum absolute atomic E-state index is 5.66. The number of likely N-dealkylation sites (tertiary alicyclic amines) is 1. The van der Waals surface area contributed by atoms with Gasteiger partial charge in [-0.1, -0.05) is 12.1 Å². The van der Waals surface area contributed by atoms with Crippen molar-refractivity contribution in [3.63, 3.8) is 0 Å². The summed E-state index contributed by atoms with van der Waals surface area (Å²) in [5, 5.41) is 12.1. The van der Waals surface area contributed by atoms with Crippen LogP contribution in [-0.2, 0) is 11.3 Å². The van der Waals surface area contributed by atoms with Crippen LogP contribution in [0.15, 0.2) is 36.7 Å². The van der Waals surface area contributed by atoms with Crippen molar-refractivity contribution in [2.45, 2.75) is 18.6 Å². The first-order chi connectivity index (χ1) is 10.8. The lowest BCUT2D eigenvalue weighted by atomic mass is 10.0. The molecule has 114 valence electrons. The van der Waals surface area contributed by atoms with Crippen molar-refractivity contribution in [2.24, 2.45) is 0 Å². The molecule has 3 heterocycles. The SMILES string of the molecule is CO[C@@H]1CN(Cc2cccc3[nH]ccc23)C[C@H]1c1cn[nH]n1. The molecule has 22 heavy (non-hydrogen) atoms. The van der Waals surface area contributed by atoms with E-state index in [9.17, 15) is 0 Å². The van der Waals surface area contributed by atoms with Crippen LogP contribution < -0.4 is 0 Å². The van der Waals surface area contributed by atoms with Gasteiger partial charge in [-0.05, 0) is 17.7 Å². The number of fused-ring (bicyclic) bond motifs is 1. The van der Waals surface area contributed by atoms with Gasteiger partial charge in [0, 0.05) is 49.8 Å². The second kappa shape index (κ2) is 5.55.